The molecular formula is C14H16N2O3S2. The lowest BCUT2D eigenvalue weighted by molar-refractivity contribution is 0.0702. The molecule has 0 aromatic carbocycles. The fourth-order valence-electron chi connectivity index (χ4n) is 1.55. The number of thiazole rings is 1. The molecule has 21 heavy (non-hydrogen) atoms. The molecule has 0 saturated heterocycles. The average Bonchev–Trinajstić information content (AvgIpc) is 3.04. The maximum Gasteiger partial charge on any atom is 0.345 e. The highest BCUT2D eigenvalue weighted by Crippen LogP contribution is 2.24. The Labute approximate surface area is 130 Å². The molecule has 2 heterocycles. The number of carbonyl (C=O) groups excluding carboxylic acids is 1. The zero-order valence-electron chi connectivity index (χ0n) is 12.0. The van der Waals surface area contributed by atoms with E-state index in [2.05, 4.69) is 31.1 Å². The minimum Gasteiger partial charge on any atom is -0.477 e. The lowest BCUT2D eigenvalue weighted by Gasteiger charge is -2.14. The number of nitrogens with zero attached hydrogens (tertiary/aromatic N) is 1. The van der Waals surface area contributed by atoms with Gasteiger partial charge in [-0.05, 0) is 12.1 Å². The number of hydrogen-bond acceptors (Lipinski definition) is 5. The predicted molar refractivity (Wildman–Crippen MR) is 83.3 cm³/mol. The lowest BCUT2D eigenvalue weighted by Crippen LogP contribution is -2.22. The van der Waals surface area contributed by atoms with Crippen molar-refractivity contribution in [2.24, 2.45) is 0 Å². The van der Waals surface area contributed by atoms with E-state index >= 15 is 0 Å². The molecule has 2 rings (SSSR count). The largest absolute Gasteiger partial charge is 0.477 e. The number of carbonyl (C=O) groups is 2. The highest BCUT2D eigenvalue weighted by Gasteiger charge is 2.18. The van der Waals surface area contributed by atoms with Crippen molar-refractivity contribution in [2.75, 3.05) is 0 Å². The third-order valence-corrected chi connectivity index (χ3v) is 4.68. The molecule has 2 N–H and O–H groups in total. The molecule has 7 heteroatoms. The molecule has 0 atom stereocenters. The summed E-state index contributed by atoms with van der Waals surface area (Å²) in [6.45, 7) is 6.61. The summed E-state index contributed by atoms with van der Waals surface area (Å²) in [6, 6.07) is 2.95. The Balaban J connectivity index is 1.97. The number of rotatable bonds is 4. The van der Waals surface area contributed by atoms with Crippen LogP contribution in [0, 0.1) is 0 Å². The van der Waals surface area contributed by atoms with Gasteiger partial charge in [-0.2, -0.15) is 0 Å². The highest BCUT2D eigenvalue weighted by atomic mass is 32.1. The summed E-state index contributed by atoms with van der Waals surface area (Å²) < 4.78 is 0. The van der Waals surface area contributed by atoms with Crippen LogP contribution in [0.3, 0.4) is 0 Å². The third-order valence-electron chi connectivity index (χ3n) is 2.76. The predicted octanol–water partition coefficient (Wildman–Crippen LogP) is 3.13. The quantitative estimate of drug-likeness (QED) is 0.905. The molecule has 0 saturated carbocycles. The number of carboxylic acids is 1. The standard InChI is InChI=1S/C14H16N2O3S2/c1-14(2,3)10-7-20-11(16-10)6-15-12(17)8-4-5-9(21-8)13(18)19/h4-5,7H,6H2,1-3H3,(H,15,17)(H,18,19). The molecule has 0 fully saturated rings. The maximum absolute atomic E-state index is 11.9. The van der Waals surface area contributed by atoms with Crippen molar-refractivity contribution in [3.63, 3.8) is 0 Å². The molecule has 5 nitrogen and oxygen atoms in total. The number of thiophene rings is 1. The van der Waals surface area contributed by atoms with Crippen molar-refractivity contribution in [1.82, 2.24) is 10.3 Å². The van der Waals surface area contributed by atoms with E-state index in [0.717, 1.165) is 22.0 Å². The van der Waals surface area contributed by atoms with Crippen LogP contribution in [0.2, 0.25) is 0 Å². The van der Waals surface area contributed by atoms with Gasteiger partial charge < -0.3 is 10.4 Å². The van der Waals surface area contributed by atoms with Gasteiger partial charge in [-0.25, -0.2) is 9.78 Å². The van der Waals surface area contributed by atoms with E-state index in [1.165, 1.54) is 23.5 Å². The summed E-state index contributed by atoms with van der Waals surface area (Å²) in [4.78, 5) is 27.8. The first-order chi connectivity index (χ1) is 9.77. The number of aromatic carboxylic acids is 1. The Morgan fingerprint density at radius 1 is 1.29 bits per heavy atom. The molecule has 0 unspecified atom stereocenters. The van der Waals surface area contributed by atoms with Crippen LogP contribution in [0.25, 0.3) is 0 Å². The Hall–Kier alpha value is -1.73. The van der Waals surface area contributed by atoms with Gasteiger partial charge in [0.1, 0.15) is 9.88 Å². The molecule has 2 aromatic rings. The van der Waals surface area contributed by atoms with Gasteiger partial charge in [0.2, 0.25) is 0 Å². The van der Waals surface area contributed by atoms with Gasteiger partial charge in [0.05, 0.1) is 17.1 Å². The Kier molecular flexibility index (Phi) is 4.43. The molecule has 0 aliphatic carbocycles. The molecule has 0 spiro atoms. The number of hydrogen-bond donors (Lipinski definition) is 2. The first-order valence-electron chi connectivity index (χ1n) is 6.33. The minimum absolute atomic E-state index is 0.0110. The summed E-state index contributed by atoms with van der Waals surface area (Å²) in [5.74, 6) is -1.30. The Bertz CT molecular complexity index is 668. The van der Waals surface area contributed by atoms with E-state index in [1.54, 1.807) is 0 Å². The summed E-state index contributed by atoms with van der Waals surface area (Å²) in [5, 5.41) is 14.4. The first-order valence-corrected chi connectivity index (χ1v) is 8.03. The summed E-state index contributed by atoms with van der Waals surface area (Å²) >= 11 is 2.47. The number of carboxylic acid groups (broad SMARTS) is 1. The van der Waals surface area contributed by atoms with Gasteiger partial charge >= 0.3 is 5.97 Å². The van der Waals surface area contributed by atoms with Crippen molar-refractivity contribution < 1.29 is 14.7 Å². The SMILES string of the molecule is CC(C)(C)c1csc(CNC(=O)c2ccc(C(=O)O)s2)n1. The second-order valence-corrected chi connectivity index (χ2v) is 7.55. The van der Waals surface area contributed by atoms with E-state index in [-0.39, 0.29) is 16.2 Å². The van der Waals surface area contributed by atoms with Gasteiger partial charge in [0, 0.05) is 10.8 Å². The number of nitrogens with one attached hydrogen (secondary N) is 1. The second kappa shape index (κ2) is 5.95. The zero-order valence-corrected chi connectivity index (χ0v) is 13.6. The van der Waals surface area contributed by atoms with Crippen molar-refractivity contribution in [2.45, 2.75) is 32.7 Å². The van der Waals surface area contributed by atoms with Crippen molar-refractivity contribution in [3.05, 3.63) is 38.0 Å². The molecule has 0 radical (unpaired) electrons. The lowest BCUT2D eigenvalue weighted by atomic mass is 9.93. The Morgan fingerprint density at radius 3 is 2.48 bits per heavy atom. The van der Waals surface area contributed by atoms with Crippen LogP contribution >= 0.6 is 22.7 Å². The van der Waals surface area contributed by atoms with Crippen LogP contribution in [-0.4, -0.2) is 22.0 Å². The maximum atomic E-state index is 11.9. The highest BCUT2D eigenvalue weighted by molar-refractivity contribution is 7.15. The zero-order chi connectivity index (χ0) is 15.6. The van der Waals surface area contributed by atoms with Crippen LogP contribution in [0.5, 0.6) is 0 Å². The van der Waals surface area contributed by atoms with Crippen LogP contribution < -0.4 is 5.32 Å². The molecular weight excluding hydrogens is 308 g/mol. The van der Waals surface area contributed by atoms with E-state index < -0.39 is 5.97 Å². The smallest absolute Gasteiger partial charge is 0.345 e. The fourth-order valence-corrected chi connectivity index (χ4v) is 3.28. The molecule has 2 aromatic heterocycles. The van der Waals surface area contributed by atoms with Crippen molar-refractivity contribution in [3.8, 4) is 0 Å². The summed E-state index contributed by atoms with van der Waals surface area (Å²) in [7, 11) is 0. The van der Waals surface area contributed by atoms with E-state index in [1.807, 2.05) is 5.38 Å². The summed E-state index contributed by atoms with van der Waals surface area (Å²) in [6.07, 6.45) is 0. The van der Waals surface area contributed by atoms with Crippen LogP contribution in [-0.2, 0) is 12.0 Å². The molecule has 0 aliphatic heterocycles. The molecule has 112 valence electrons. The van der Waals surface area contributed by atoms with Crippen molar-refractivity contribution >= 4 is 34.6 Å². The topological polar surface area (TPSA) is 79.3 Å². The van der Waals surface area contributed by atoms with Gasteiger partial charge in [0.15, 0.2) is 0 Å². The molecule has 1 amide bonds. The second-order valence-electron chi connectivity index (χ2n) is 5.53. The van der Waals surface area contributed by atoms with Gasteiger partial charge in [0.25, 0.3) is 5.91 Å². The van der Waals surface area contributed by atoms with E-state index in [9.17, 15) is 9.59 Å². The molecule has 0 aliphatic rings. The van der Waals surface area contributed by atoms with E-state index in [4.69, 9.17) is 5.11 Å². The van der Waals surface area contributed by atoms with Crippen LogP contribution in [0.1, 0.15) is 50.8 Å². The van der Waals surface area contributed by atoms with Gasteiger partial charge in [-0.1, -0.05) is 20.8 Å². The summed E-state index contributed by atoms with van der Waals surface area (Å²) in [5.41, 5.74) is 0.990. The van der Waals surface area contributed by atoms with Gasteiger partial charge in [-0.15, -0.1) is 22.7 Å². The third kappa shape index (κ3) is 3.89. The molecule has 0 bridgehead atoms. The number of aromatic nitrogens is 1. The van der Waals surface area contributed by atoms with Crippen molar-refractivity contribution in [1.29, 1.82) is 0 Å². The number of amides is 1. The Morgan fingerprint density at radius 2 is 1.95 bits per heavy atom. The van der Waals surface area contributed by atoms with Gasteiger partial charge in [-0.3, -0.25) is 4.79 Å². The van der Waals surface area contributed by atoms with Crippen LogP contribution in [0.15, 0.2) is 17.5 Å². The normalized spacial score (nSPS) is 11.4. The van der Waals surface area contributed by atoms with E-state index in [0.29, 0.717) is 11.4 Å². The minimum atomic E-state index is -1.02. The monoisotopic (exact) mass is 324 g/mol. The fraction of sp³-hybridized carbons (Fsp3) is 0.357. The van der Waals surface area contributed by atoms with Crippen LogP contribution in [0.4, 0.5) is 0 Å². The first kappa shape index (κ1) is 15.7. The average molecular weight is 324 g/mol.